The summed E-state index contributed by atoms with van der Waals surface area (Å²) in [6.07, 6.45) is 1.80. The standard InChI is InChI=1S/C14H18N2O2/c1-3-16(12-6-4-5-10(2)9-12)14(18)15-13(17)11-7-8-11/h4-6,9,11H,3,7-8H2,1-2H3,(H,15,17,18). The van der Waals surface area contributed by atoms with E-state index < -0.39 is 0 Å². The van der Waals surface area contributed by atoms with E-state index in [0.717, 1.165) is 24.1 Å². The number of aryl methyl sites for hydroxylation is 1. The van der Waals surface area contributed by atoms with Gasteiger partial charge in [0.05, 0.1) is 0 Å². The maximum Gasteiger partial charge on any atom is 0.328 e. The molecule has 1 aromatic carbocycles. The molecule has 2 rings (SSSR count). The number of nitrogens with one attached hydrogen (secondary N) is 1. The van der Waals surface area contributed by atoms with Crippen molar-refractivity contribution in [3.05, 3.63) is 29.8 Å². The van der Waals surface area contributed by atoms with Crippen LogP contribution in [0.3, 0.4) is 0 Å². The first-order valence-corrected chi connectivity index (χ1v) is 6.31. The number of nitrogens with zero attached hydrogens (tertiary/aromatic N) is 1. The molecule has 0 unspecified atom stereocenters. The van der Waals surface area contributed by atoms with Gasteiger partial charge in [-0.05, 0) is 44.4 Å². The Morgan fingerprint density at radius 3 is 2.67 bits per heavy atom. The molecule has 0 aromatic heterocycles. The van der Waals surface area contributed by atoms with Crippen LogP contribution < -0.4 is 10.2 Å². The molecule has 3 amide bonds. The maximum atomic E-state index is 12.0. The van der Waals surface area contributed by atoms with Crippen LogP contribution in [0, 0.1) is 12.8 Å². The van der Waals surface area contributed by atoms with Crippen LogP contribution in [0.4, 0.5) is 10.5 Å². The average molecular weight is 246 g/mol. The van der Waals surface area contributed by atoms with Crippen molar-refractivity contribution in [1.82, 2.24) is 5.32 Å². The van der Waals surface area contributed by atoms with Gasteiger partial charge in [0.1, 0.15) is 0 Å². The highest BCUT2D eigenvalue weighted by atomic mass is 16.2. The highest BCUT2D eigenvalue weighted by Gasteiger charge is 2.31. The zero-order chi connectivity index (χ0) is 13.1. The molecule has 0 radical (unpaired) electrons. The summed E-state index contributed by atoms with van der Waals surface area (Å²) < 4.78 is 0. The van der Waals surface area contributed by atoms with Crippen LogP contribution in [-0.2, 0) is 4.79 Å². The number of imide groups is 1. The van der Waals surface area contributed by atoms with Crippen molar-refractivity contribution in [1.29, 1.82) is 0 Å². The normalized spacial score (nSPS) is 14.1. The van der Waals surface area contributed by atoms with E-state index in [-0.39, 0.29) is 17.9 Å². The van der Waals surface area contributed by atoms with Gasteiger partial charge in [0.15, 0.2) is 0 Å². The zero-order valence-electron chi connectivity index (χ0n) is 10.8. The van der Waals surface area contributed by atoms with E-state index in [4.69, 9.17) is 0 Å². The van der Waals surface area contributed by atoms with Gasteiger partial charge in [-0.25, -0.2) is 4.79 Å². The molecule has 4 heteroatoms. The minimum absolute atomic E-state index is 0.0464. The third-order valence-corrected chi connectivity index (χ3v) is 3.05. The minimum atomic E-state index is -0.333. The first-order valence-electron chi connectivity index (χ1n) is 6.31. The zero-order valence-corrected chi connectivity index (χ0v) is 10.8. The highest BCUT2D eigenvalue weighted by Crippen LogP contribution is 2.28. The van der Waals surface area contributed by atoms with Gasteiger partial charge in [0, 0.05) is 18.2 Å². The monoisotopic (exact) mass is 246 g/mol. The summed E-state index contributed by atoms with van der Waals surface area (Å²) in [5, 5.41) is 2.46. The van der Waals surface area contributed by atoms with Crippen LogP contribution in [0.15, 0.2) is 24.3 Å². The van der Waals surface area contributed by atoms with Crippen LogP contribution in [0.1, 0.15) is 25.3 Å². The predicted molar refractivity (Wildman–Crippen MR) is 70.5 cm³/mol. The fraction of sp³-hybridized carbons (Fsp3) is 0.429. The highest BCUT2D eigenvalue weighted by molar-refractivity contribution is 6.03. The van der Waals surface area contributed by atoms with Gasteiger partial charge in [0.25, 0.3) is 0 Å². The van der Waals surface area contributed by atoms with E-state index in [1.54, 1.807) is 4.90 Å². The van der Waals surface area contributed by atoms with E-state index in [0.29, 0.717) is 6.54 Å². The third-order valence-electron chi connectivity index (χ3n) is 3.05. The van der Waals surface area contributed by atoms with Crippen LogP contribution >= 0.6 is 0 Å². The van der Waals surface area contributed by atoms with Crippen LogP contribution in [-0.4, -0.2) is 18.5 Å². The molecule has 0 spiro atoms. The molecule has 1 N–H and O–H groups in total. The molecule has 1 aliphatic carbocycles. The molecule has 1 saturated carbocycles. The van der Waals surface area contributed by atoms with Crippen LogP contribution in [0.25, 0.3) is 0 Å². The average Bonchev–Trinajstić information content (AvgIpc) is 3.13. The smallest absolute Gasteiger partial charge is 0.294 e. The molecule has 0 heterocycles. The molecule has 1 fully saturated rings. The van der Waals surface area contributed by atoms with Crippen molar-refractivity contribution in [2.75, 3.05) is 11.4 Å². The Morgan fingerprint density at radius 2 is 2.11 bits per heavy atom. The number of amides is 3. The molecule has 4 nitrogen and oxygen atoms in total. The summed E-state index contributed by atoms with van der Waals surface area (Å²) in [6, 6.07) is 7.36. The van der Waals surface area contributed by atoms with Gasteiger partial charge < -0.3 is 0 Å². The number of rotatable bonds is 3. The second kappa shape index (κ2) is 5.21. The lowest BCUT2D eigenvalue weighted by atomic mass is 10.2. The molecule has 18 heavy (non-hydrogen) atoms. The minimum Gasteiger partial charge on any atom is -0.294 e. The van der Waals surface area contributed by atoms with Gasteiger partial charge in [-0.1, -0.05) is 12.1 Å². The van der Waals surface area contributed by atoms with E-state index >= 15 is 0 Å². The summed E-state index contributed by atoms with van der Waals surface area (Å²) in [6.45, 7) is 4.40. The number of urea groups is 1. The van der Waals surface area contributed by atoms with Gasteiger partial charge in [-0.2, -0.15) is 0 Å². The van der Waals surface area contributed by atoms with Crippen molar-refractivity contribution in [2.45, 2.75) is 26.7 Å². The van der Waals surface area contributed by atoms with Crippen molar-refractivity contribution in [3.63, 3.8) is 0 Å². The third kappa shape index (κ3) is 2.88. The Labute approximate surface area is 107 Å². The predicted octanol–water partition coefficient (Wildman–Crippen LogP) is 2.47. The fourth-order valence-corrected chi connectivity index (χ4v) is 1.86. The van der Waals surface area contributed by atoms with E-state index in [1.165, 1.54) is 0 Å². The number of hydrogen-bond donors (Lipinski definition) is 1. The Kier molecular flexibility index (Phi) is 3.65. The number of carbonyl (C=O) groups excluding carboxylic acids is 2. The second-order valence-corrected chi connectivity index (χ2v) is 4.65. The molecule has 1 aliphatic rings. The lowest BCUT2D eigenvalue weighted by Gasteiger charge is -2.21. The van der Waals surface area contributed by atoms with Gasteiger partial charge in [0.2, 0.25) is 5.91 Å². The molecule has 0 aliphatic heterocycles. The molecule has 96 valence electrons. The number of hydrogen-bond acceptors (Lipinski definition) is 2. The summed E-state index contributed by atoms with van der Waals surface area (Å²) in [5.41, 5.74) is 1.91. The Bertz CT molecular complexity index is 467. The molecular weight excluding hydrogens is 228 g/mol. The van der Waals surface area contributed by atoms with Crippen molar-refractivity contribution >= 4 is 17.6 Å². The molecular formula is C14H18N2O2. The number of anilines is 1. The largest absolute Gasteiger partial charge is 0.328 e. The molecule has 0 saturated heterocycles. The quantitative estimate of drug-likeness (QED) is 0.890. The maximum absolute atomic E-state index is 12.0. The van der Waals surface area contributed by atoms with E-state index in [9.17, 15) is 9.59 Å². The van der Waals surface area contributed by atoms with E-state index in [2.05, 4.69) is 5.32 Å². The first-order chi connectivity index (χ1) is 8.61. The second-order valence-electron chi connectivity index (χ2n) is 4.65. The van der Waals surface area contributed by atoms with Gasteiger partial charge >= 0.3 is 6.03 Å². The van der Waals surface area contributed by atoms with Gasteiger partial charge in [-0.15, -0.1) is 0 Å². The Balaban J connectivity index is 2.07. The summed E-state index contributed by atoms with van der Waals surface area (Å²) in [4.78, 5) is 25.2. The number of benzene rings is 1. The SMILES string of the molecule is CCN(C(=O)NC(=O)C1CC1)c1cccc(C)c1. The fourth-order valence-electron chi connectivity index (χ4n) is 1.86. The lowest BCUT2D eigenvalue weighted by molar-refractivity contribution is -0.121. The van der Waals surface area contributed by atoms with Crippen molar-refractivity contribution in [2.24, 2.45) is 5.92 Å². The Morgan fingerprint density at radius 1 is 1.39 bits per heavy atom. The molecule has 0 atom stereocenters. The van der Waals surface area contributed by atoms with Crippen LogP contribution in [0.2, 0.25) is 0 Å². The first kappa shape index (κ1) is 12.6. The topological polar surface area (TPSA) is 49.4 Å². The molecule has 0 bridgehead atoms. The van der Waals surface area contributed by atoms with Crippen LogP contribution in [0.5, 0.6) is 0 Å². The van der Waals surface area contributed by atoms with Gasteiger partial charge in [-0.3, -0.25) is 15.0 Å². The number of carbonyl (C=O) groups is 2. The lowest BCUT2D eigenvalue weighted by Crippen LogP contribution is -2.43. The summed E-state index contributed by atoms with van der Waals surface area (Å²) >= 11 is 0. The summed E-state index contributed by atoms with van der Waals surface area (Å²) in [5.74, 6) is -0.101. The van der Waals surface area contributed by atoms with Crippen molar-refractivity contribution < 1.29 is 9.59 Å². The Hall–Kier alpha value is -1.84. The van der Waals surface area contributed by atoms with Crippen molar-refractivity contribution in [3.8, 4) is 0 Å². The van der Waals surface area contributed by atoms with E-state index in [1.807, 2.05) is 38.1 Å². The molecule has 1 aromatic rings. The summed E-state index contributed by atoms with van der Waals surface area (Å²) in [7, 11) is 0.